The van der Waals surface area contributed by atoms with Crippen molar-refractivity contribution >= 4 is 21.6 Å². The average Bonchev–Trinajstić information content (AvgIpc) is 2.26. The first-order valence-electron chi connectivity index (χ1n) is 5.55. The van der Waals surface area contributed by atoms with E-state index in [9.17, 15) is 21.6 Å². The number of nitrogens with one attached hydrogen (secondary N) is 1. The van der Waals surface area contributed by atoms with E-state index in [1.165, 1.54) is 0 Å². The smallest absolute Gasteiger partial charge is 0.308 e. The van der Waals surface area contributed by atoms with Gasteiger partial charge in [0.25, 0.3) is 0 Å². The van der Waals surface area contributed by atoms with Crippen LogP contribution in [0.1, 0.15) is 5.56 Å². The molecule has 0 aliphatic carbocycles. The number of hydrogen-bond acceptors (Lipinski definition) is 3. The molecule has 0 aliphatic heterocycles. The summed E-state index contributed by atoms with van der Waals surface area (Å²) in [4.78, 5) is 1.28. The molecule has 1 rings (SSSR count). The Bertz CT molecular complexity index is 574. The molecule has 4 nitrogen and oxygen atoms in total. The molecule has 0 saturated heterocycles. The molecule has 0 spiro atoms. The topological polar surface area (TPSA) is 49.4 Å². The fourth-order valence-corrected chi connectivity index (χ4v) is 2.65. The molecule has 1 aromatic rings. The Balaban J connectivity index is 3.02. The van der Waals surface area contributed by atoms with Gasteiger partial charge in [0, 0.05) is 13.1 Å². The predicted octanol–water partition coefficient (Wildman–Crippen LogP) is 2.20. The maximum Gasteiger partial charge on any atom is 0.417 e. The van der Waals surface area contributed by atoms with Gasteiger partial charge in [0.05, 0.1) is 15.5 Å². The fourth-order valence-electron chi connectivity index (χ4n) is 1.38. The van der Waals surface area contributed by atoms with Crippen molar-refractivity contribution in [3.63, 3.8) is 0 Å². The third kappa shape index (κ3) is 4.62. The molecular weight excluding hydrogens is 317 g/mol. The molecule has 0 aliphatic rings. The monoisotopic (exact) mass is 330 g/mol. The molecule has 114 valence electrons. The predicted molar refractivity (Wildman–Crippen MR) is 70.2 cm³/mol. The highest BCUT2D eigenvalue weighted by Gasteiger charge is 2.34. The summed E-state index contributed by atoms with van der Waals surface area (Å²) >= 11 is 5.43. The summed E-state index contributed by atoms with van der Waals surface area (Å²) in [5.74, 6) is 0. The molecular formula is C11H14ClF3N2O2S. The van der Waals surface area contributed by atoms with E-state index in [-0.39, 0.29) is 6.54 Å². The zero-order chi connectivity index (χ0) is 15.6. The highest BCUT2D eigenvalue weighted by Crippen LogP contribution is 2.35. The van der Waals surface area contributed by atoms with Gasteiger partial charge in [0.1, 0.15) is 0 Å². The molecule has 0 bridgehead atoms. The van der Waals surface area contributed by atoms with Gasteiger partial charge in [-0.2, -0.15) is 13.2 Å². The maximum atomic E-state index is 12.7. The van der Waals surface area contributed by atoms with Crippen molar-refractivity contribution in [3.8, 4) is 0 Å². The fraction of sp³-hybridized carbons (Fsp3) is 0.455. The number of alkyl halides is 3. The lowest BCUT2D eigenvalue weighted by Crippen LogP contribution is -2.31. The summed E-state index contributed by atoms with van der Waals surface area (Å²) in [6.45, 7) is 0.526. The van der Waals surface area contributed by atoms with Crippen molar-refractivity contribution in [2.75, 3.05) is 27.2 Å². The lowest BCUT2D eigenvalue weighted by Gasteiger charge is -2.13. The van der Waals surface area contributed by atoms with Crippen LogP contribution in [0.15, 0.2) is 23.1 Å². The van der Waals surface area contributed by atoms with E-state index >= 15 is 0 Å². The summed E-state index contributed by atoms with van der Waals surface area (Å²) < 4.78 is 64.0. The molecule has 0 radical (unpaired) electrons. The standard InChI is InChI=1S/C11H14ClF3N2O2S/c1-17(2)6-5-16-20(18,19)8-3-4-10(12)9(7-8)11(13,14)15/h3-4,7,16H,5-6H2,1-2H3. The quantitative estimate of drug-likeness (QED) is 0.900. The van der Waals surface area contributed by atoms with E-state index in [1.54, 1.807) is 19.0 Å². The van der Waals surface area contributed by atoms with Crippen LogP contribution in [0, 0.1) is 0 Å². The van der Waals surface area contributed by atoms with Crippen molar-refractivity contribution < 1.29 is 21.6 Å². The average molecular weight is 331 g/mol. The van der Waals surface area contributed by atoms with Crippen LogP contribution in [0.25, 0.3) is 0 Å². The van der Waals surface area contributed by atoms with Gasteiger partial charge in [0.15, 0.2) is 0 Å². The second-order valence-electron chi connectivity index (χ2n) is 4.34. The zero-order valence-corrected chi connectivity index (χ0v) is 12.4. The van der Waals surface area contributed by atoms with Gasteiger partial charge in [-0.1, -0.05) is 11.6 Å². The van der Waals surface area contributed by atoms with Crippen molar-refractivity contribution in [1.29, 1.82) is 0 Å². The minimum absolute atomic E-state index is 0.0965. The van der Waals surface area contributed by atoms with Crippen molar-refractivity contribution in [2.24, 2.45) is 0 Å². The summed E-state index contributed by atoms with van der Waals surface area (Å²) in [7, 11) is -0.494. The molecule has 9 heteroatoms. The lowest BCUT2D eigenvalue weighted by molar-refractivity contribution is -0.137. The van der Waals surface area contributed by atoms with Crippen molar-refractivity contribution in [1.82, 2.24) is 9.62 Å². The first kappa shape index (κ1) is 17.2. The van der Waals surface area contributed by atoms with E-state index in [0.717, 1.165) is 12.1 Å². The summed E-state index contributed by atoms with van der Waals surface area (Å²) in [6.07, 6.45) is -4.70. The minimum Gasteiger partial charge on any atom is -0.308 e. The van der Waals surface area contributed by atoms with Gasteiger partial charge in [-0.05, 0) is 32.3 Å². The van der Waals surface area contributed by atoms with Crippen molar-refractivity contribution in [3.05, 3.63) is 28.8 Å². The van der Waals surface area contributed by atoms with E-state index in [4.69, 9.17) is 11.6 Å². The van der Waals surface area contributed by atoms with E-state index in [1.807, 2.05) is 0 Å². The first-order chi connectivity index (χ1) is 9.04. The Morgan fingerprint density at radius 3 is 2.40 bits per heavy atom. The van der Waals surface area contributed by atoms with Gasteiger partial charge < -0.3 is 4.90 Å². The summed E-state index contributed by atoms with van der Waals surface area (Å²) in [5.41, 5.74) is -1.17. The maximum absolute atomic E-state index is 12.7. The second-order valence-corrected chi connectivity index (χ2v) is 6.51. The number of likely N-dealkylation sites (N-methyl/N-ethyl adjacent to an activating group) is 1. The third-order valence-corrected chi connectivity index (χ3v) is 4.19. The Labute approximate surface area is 120 Å². The number of hydrogen-bond donors (Lipinski definition) is 1. The van der Waals surface area contributed by atoms with Gasteiger partial charge in [-0.3, -0.25) is 0 Å². The highest BCUT2D eigenvalue weighted by molar-refractivity contribution is 7.89. The highest BCUT2D eigenvalue weighted by atomic mass is 35.5. The van der Waals surface area contributed by atoms with Crippen LogP contribution in [0.4, 0.5) is 13.2 Å². The normalized spacial score (nSPS) is 12.9. The number of halogens is 4. The minimum atomic E-state index is -4.70. The molecule has 0 aromatic heterocycles. The Hall–Kier alpha value is -0.830. The number of nitrogens with zero attached hydrogens (tertiary/aromatic N) is 1. The largest absolute Gasteiger partial charge is 0.417 e. The van der Waals surface area contributed by atoms with Crippen LogP contribution >= 0.6 is 11.6 Å². The molecule has 1 aromatic carbocycles. The summed E-state index contributed by atoms with van der Waals surface area (Å²) in [5, 5.41) is -0.537. The molecule has 0 fully saturated rings. The van der Waals surface area contributed by atoms with Crippen LogP contribution in [-0.2, 0) is 16.2 Å². The van der Waals surface area contributed by atoms with Crippen LogP contribution in [0.5, 0.6) is 0 Å². The number of sulfonamides is 1. The zero-order valence-electron chi connectivity index (χ0n) is 10.8. The van der Waals surface area contributed by atoms with Gasteiger partial charge in [0.2, 0.25) is 10.0 Å². The third-order valence-electron chi connectivity index (χ3n) is 2.40. The van der Waals surface area contributed by atoms with Crippen LogP contribution in [0.3, 0.4) is 0 Å². The summed E-state index contributed by atoms with van der Waals surface area (Å²) in [6, 6.07) is 2.49. The molecule has 1 N–H and O–H groups in total. The molecule has 0 saturated carbocycles. The van der Waals surface area contributed by atoms with E-state index in [2.05, 4.69) is 4.72 Å². The molecule has 0 heterocycles. The Kier molecular flexibility index (Phi) is 5.42. The van der Waals surface area contributed by atoms with Crippen LogP contribution in [0.2, 0.25) is 5.02 Å². The van der Waals surface area contributed by atoms with Crippen LogP contribution in [-0.4, -0.2) is 40.5 Å². The molecule has 0 atom stereocenters. The number of rotatable bonds is 5. The Morgan fingerprint density at radius 2 is 1.90 bits per heavy atom. The Morgan fingerprint density at radius 1 is 1.30 bits per heavy atom. The van der Waals surface area contributed by atoms with E-state index in [0.29, 0.717) is 12.6 Å². The van der Waals surface area contributed by atoms with Gasteiger partial charge in [-0.25, -0.2) is 13.1 Å². The lowest BCUT2D eigenvalue weighted by atomic mass is 10.2. The SMILES string of the molecule is CN(C)CCNS(=O)(=O)c1ccc(Cl)c(C(F)(F)F)c1. The van der Waals surface area contributed by atoms with Gasteiger partial charge >= 0.3 is 6.18 Å². The van der Waals surface area contributed by atoms with Gasteiger partial charge in [-0.15, -0.1) is 0 Å². The number of benzene rings is 1. The van der Waals surface area contributed by atoms with Crippen LogP contribution < -0.4 is 4.72 Å². The van der Waals surface area contributed by atoms with E-state index < -0.39 is 31.7 Å². The second kappa shape index (κ2) is 6.30. The molecule has 0 amide bonds. The first-order valence-corrected chi connectivity index (χ1v) is 7.41. The van der Waals surface area contributed by atoms with Crippen molar-refractivity contribution in [2.45, 2.75) is 11.1 Å². The molecule has 20 heavy (non-hydrogen) atoms. The molecule has 0 unspecified atom stereocenters.